The number of carbonyl (C=O) groups is 1. The maximum atomic E-state index is 13.5. The number of β-amino-alcohol motifs (C(OH)–C–C–N with tert-alkyl or cyclic N) is 1. The van der Waals surface area contributed by atoms with Crippen molar-refractivity contribution in [2.75, 3.05) is 26.2 Å². The second kappa shape index (κ2) is 6.04. The minimum Gasteiger partial charge on any atom is -0.456 e. The van der Waals surface area contributed by atoms with E-state index in [1.807, 2.05) is 48.5 Å². The molecule has 0 aliphatic carbocycles. The van der Waals surface area contributed by atoms with E-state index in [0.29, 0.717) is 17.9 Å². The fourth-order valence-corrected chi connectivity index (χ4v) is 3.99. The van der Waals surface area contributed by atoms with Crippen LogP contribution in [0, 0.1) is 0 Å². The molecule has 124 valence electrons. The van der Waals surface area contributed by atoms with Crippen molar-refractivity contribution in [2.45, 2.75) is 18.3 Å². The third kappa shape index (κ3) is 2.34. The van der Waals surface area contributed by atoms with Gasteiger partial charge in [0.15, 0.2) is 5.78 Å². The summed E-state index contributed by atoms with van der Waals surface area (Å²) in [4.78, 5) is 15.7. The lowest BCUT2D eigenvalue weighted by Crippen LogP contribution is -2.47. The molecule has 24 heavy (non-hydrogen) atoms. The Hall–Kier alpha value is -2.17. The number of benzene rings is 2. The number of hydrogen-bond donors (Lipinski definition) is 1. The lowest BCUT2D eigenvalue weighted by molar-refractivity contribution is 0.0752. The quantitative estimate of drug-likeness (QED) is 0.923. The molecule has 0 atom stereocenters. The van der Waals surface area contributed by atoms with E-state index in [0.717, 1.165) is 37.2 Å². The van der Waals surface area contributed by atoms with Crippen molar-refractivity contribution >= 4 is 5.78 Å². The Morgan fingerprint density at radius 2 is 1.67 bits per heavy atom. The van der Waals surface area contributed by atoms with E-state index in [4.69, 9.17) is 4.74 Å². The van der Waals surface area contributed by atoms with Crippen LogP contribution in [0.2, 0.25) is 0 Å². The summed E-state index contributed by atoms with van der Waals surface area (Å²) in [7, 11) is 0. The number of ether oxygens (including phenoxy) is 1. The van der Waals surface area contributed by atoms with Gasteiger partial charge in [0.25, 0.3) is 0 Å². The van der Waals surface area contributed by atoms with E-state index >= 15 is 0 Å². The molecule has 4 heteroatoms. The number of carbonyl (C=O) groups excluding carboxylic acids is 1. The van der Waals surface area contributed by atoms with Crippen LogP contribution >= 0.6 is 0 Å². The highest BCUT2D eigenvalue weighted by Crippen LogP contribution is 2.47. The average molecular weight is 323 g/mol. The van der Waals surface area contributed by atoms with Crippen molar-refractivity contribution in [3.05, 3.63) is 59.7 Å². The zero-order chi connectivity index (χ0) is 16.6. The highest BCUT2D eigenvalue weighted by atomic mass is 16.5. The molecule has 1 saturated heterocycles. The fourth-order valence-electron chi connectivity index (χ4n) is 3.99. The van der Waals surface area contributed by atoms with Crippen molar-refractivity contribution in [2.24, 2.45) is 0 Å². The number of para-hydroxylation sites is 2. The summed E-state index contributed by atoms with van der Waals surface area (Å²) in [6, 6.07) is 15.4. The van der Waals surface area contributed by atoms with Gasteiger partial charge in [0.2, 0.25) is 0 Å². The Morgan fingerprint density at radius 3 is 2.42 bits per heavy atom. The first kappa shape index (κ1) is 15.4. The number of likely N-dealkylation sites (tertiary alicyclic amines) is 1. The van der Waals surface area contributed by atoms with Crippen LogP contribution in [0.3, 0.4) is 0 Å². The number of hydrogen-bond acceptors (Lipinski definition) is 4. The third-order valence-electron chi connectivity index (χ3n) is 5.31. The molecule has 1 N–H and O–H groups in total. The first-order chi connectivity index (χ1) is 11.7. The predicted octanol–water partition coefficient (Wildman–Crippen LogP) is 3.00. The van der Waals surface area contributed by atoms with Gasteiger partial charge in [-0.2, -0.15) is 0 Å². The van der Waals surface area contributed by atoms with Crippen molar-refractivity contribution in [3.8, 4) is 11.5 Å². The molecule has 2 aliphatic rings. The second-order valence-corrected chi connectivity index (χ2v) is 6.57. The highest BCUT2D eigenvalue weighted by Gasteiger charge is 2.47. The van der Waals surface area contributed by atoms with E-state index < -0.39 is 5.41 Å². The molecule has 4 nitrogen and oxygen atoms in total. The summed E-state index contributed by atoms with van der Waals surface area (Å²) in [5, 5.41) is 9.18. The average Bonchev–Trinajstić information content (AvgIpc) is 2.72. The van der Waals surface area contributed by atoms with Gasteiger partial charge in [0, 0.05) is 12.1 Å². The van der Waals surface area contributed by atoms with Crippen LogP contribution in [0.4, 0.5) is 0 Å². The number of aliphatic hydroxyl groups is 1. The number of piperidine rings is 1. The molecular weight excluding hydrogens is 302 g/mol. The lowest BCUT2D eigenvalue weighted by Gasteiger charge is -2.40. The van der Waals surface area contributed by atoms with Crippen LogP contribution in [0.5, 0.6) is 11.5 Å². The smallest absolute Gasteiger partial charge is 0.177 e. The van der Waals surface area contributed by atoms with Crippen molar-refractivity contribution < 1.29 is 14.6 Å². The van der Waals surface area contributed by atoms with Gasteiger partial charge in [-0.05, 0) is 44.1 Å². The van der Waals surface area contributed by atoms with Gasteiger partial charge in [-0.15, -0.1) is 0 Å². The highest BCUT2D eigenvalue weighted by molar-refractivity contribution is 6.07. The molecule has 1 spiro atoms. The fraction of sp³-hybridized carbons (Fsp3) is 0.350. The molecule has 0 amide bonds. The van der Waals surface area contributed by atoms with Crippen LogP contribution < -0.4 is 4.74 Å². The molecule has 2 heterocycles. The van der Waals surface area contributed by atoms with E-state index in [2.05, 4.69) is 4.90 Å². The summed E-state index contributed by atoms with van der Waals surface area (Å²) >= 11 is 0. The normalized spacial score (nSPS) is 19.3. The van der Waals surface area contributed by atoms with Gasteiger partial charge in [0.1, 0.15) is 11.5 Å². The molecular formula is C20H21NO3. The Balaban J connectivity index is 1.82. The van der Waals surface area contributed by atoms with E-state index in [1.165, 1.54) is 0 Å². The van der Waals surface area contributed by atoms with Gasteiger partial charge in [-0.3, -0.25) is 4.79 Å². The first-order valence-corrected chi connectivity index (χ1v) is 8.49. The molecule has 0 bridgehead atoms. The summed E-state index contributed by atoms with van der Waals surface area (Å²) < 4.78 is 6.10. The van der Waals surface area contributed by atoms with Gasteiger partial charge < -0.3 is 14.7 Å². The van der Waals surface area contributed by atoms with Crippen LogP contribution in [0.1, 0.15) is 28.8 Å². The van der Waals surface area contributed by atoms with E-state index in [-0.39, 0.29) is 12.4 Å². The van der Waals surface area contributed by atoms with E-state index in [9.17, 15) is 9.90 Å². The van der Waals surface area contributed by atoms with Gasteiger partial charge in [-0.1, -0.05) is 30.3 Å². The molecule has 0 aromatic heterocycles. The molecule has 2 aliphatic heterocycles. The summed E-state index contributed by atoms with van der Waals surface area (Å²) in [5.74, 6) is 1.59. The first-order valence-electron chi connectivity index (χ1n) is 8.49. The van der Waals surface area contributed by atoms with Gasteiger partial charge >= 0.3 is 0 Å². The summed E-state index contributed by atoms with van der Waals surface area (Å²) in [6.45, 7) is 2.44. The standard InChI is InChI=1S/C20H21NO3/c22-14-13-21-11-9-20(10-12-21)16-6-2-4-8-18(16)24-17-7-3-1-5-15(17)19(20)23/h1-8,22H,9-14H2. The van der Waals surface area contributed by atoms with Crippen LogP contribution in [-0.4, -0.2) is 42.0 Å². The number of Topliss-reactive ketones (excluding diaryl/α,β-unsaturated/α-hetero) is 1. The number of aliphatic hydroxyl groups excluding tert-OH is 1. The number of nitrogens with zero attached hydrogens (tertiary/aromatic N) is 1. The maximum Gasteiger partial charge on any atom is 0.177 e. The zero-order valence-corrected chi connectivity index (χ0v) is 13.6. The van der Waals surface area contributed by atoms with Crippen LogP contribution in [0.25, 0.3) is 0 Å². The zero-order valence-electron chi connectivity index (χ0n) is 13.6. The molecule has 0 unspecified atom stereocenters. The topological polar surface area (TPSA) is 49.8 Å². The van der Waals surface area contributed by atoms with Crippen molar-refractivity contribution in [1.29, 1.82) is 0 Å². The number of fused-ring (bicyclic) bond motifs is 3. The maximum absolute atomic E-state index is 13.5. The molecule has 4 rings (SSSR count). The minimum absolute atomic E-state index is 0.156. The number of ketones is 1. The van der Waals surface area contributed by atoms with Crippen molar-refractivity contribution in [3.63, 3.8) is 0 Å². The second-order valence-electron chi connectivity index (χ2n) is 6.57. The monoisotopic (exact) mass is 323 g/mol. The Labute approximate surface area is 141 Å². The largest absolute Gasteiger partial charge is 0.456 e. The number of rotatable bonds is 2. The molecule has 0 radical (unpaired) electrons. The molecule has 2 aromatic carbocycles. The SMILES string of the molecule is O=C1c2ccccc2Oc2ccccc2C12CCN(CCO)CC2. The van der Waals surface area contributed by atoms with Crippen LogP contribution in [-0.2, 0) is 5.41 Å². The van der Waals surface area contributed by atoms with Gasteiger partial charge in [-0.25, -0.2) is 0 Å². The predicted molar refractivity (Wildman–Crippen MR) is 91.7 cm³/mol. The van der Waals surface area contributed by atoms with Crippen LogP contribution in [0.15, 0.2) is 48.5 Å². The lowest BCUT2D eigenvalue weighted by atomic mass is 9.68. The molecule has 1 fully saturated rings. The Morgan fingerprint density at radius 1 is 1.00 bits per heavy atom. The van der Waals surface area contributed by atoms with Gasteiger partial charge in [0.05, 0.1) is 17.6 Å². The Kier molecular flexibility index (Phi) is 3.87. The summed E-state index contributed by atoms with van der Waals surface area (Å²) in [5.41, 5.74) is 1.13. The Bertz CT molecular complexity index is 763. The van der Waals surface area contributed by atoms with Crippen molar-refractivity contribution in [1.82, 2.24) is 4.90 Å². The molecule has 0 saturated carbocycles. The van der Waals surface area contributed by atoms with E-state index in [1.54, 1.807) is 0 Å². The molecule has 2 aromatic rings. The minimum atomic E-state index is -0.533. The third-order valence-corrected chi connectivity index (χ3v) is 5.31. The summed E-state index contributed by atoms with van der Waals surface area (Å²) in [6.07, 6.45) is 1.50.